The number of sulfonamides is 1. The van der Waals surface area contributed by atoms with Crippen molar-refractivity contribution in [2.24, 2.45) is 0 Å². The van der Waals surface area contributed by atoms with E-state index in [1.54, 1.807) is 31.3 Å². The van der Waals surface area contributed by atoms with Gasteiger partial charge in [-0.3, -0.25) is 0 Å². The first kappa shape index (κ1) is 23.9. The lowest BCUT2D eigenvalue weighted by Gasteiger charge is -2.16. The van der Waals surface area contributed by atoms with Crippen LogP contribution in [-0.4, -0.2) is 67.2 Å². The number of aliphatic hydroxyl groups is 1. The third-order valence-electron chi connectivity index (χ3n) is 5.05. The van der Waals surface area contributed by atoms with Crippen LogP contribution in [0.5, 0.6) is 0 Å². The molecule has 4 N–H and O–H groups in total. The Labute approximate surface area is 191 Å². The van der Waals surface area contributed by atoms with Gasteiger partial charge in [0.05, 0.1) is 16.0 Å². The van der Waals surface area contributed by atoms with E-state index in [2.05, 4.69) is 46.2 Å². The van der Waals surface area contributed by atoms with Gasteiger partial charge in [-0.05, 0) is 73.4 Å². The van der Waals surface area contributed by atoms with E-state index in [0.717, 1.165) is 13.1 Å². The SMILES string of the molecule is Cc1ccc(Nc2ncc(Br)c(NC(C)CO)n2)cc1S(=O)(=O)NCCN1CCCC1. The first-order valence-corrected chi connectivity index (χ1v) is 12.6. The fourth-order valence-corrected chi connectivity index (χ4v) is 4.92. The molecule has 9 nitrogen and oxygen atoms in total. The Bertz CT molecular complexity index is 998. The molecular weight excluding hydrogens is 484 g/mol. The summed E-state index contributed by atoms with van der Waals surface area (Å²) in [7, 11) is -3.64. The molecule has 0 bridgehead atoms. The van der Waals surface area contributed by atoms with Crippen LogP contribution in [0, 0.1) is 6.92 Å². The third-order valence-corrected chi connectivity index (χ3v) is 7.24. The number of benzene rings is 1. The highest BCUT2D eigenvalue weighted by molar-refractivity contribution is 9.10. The van der Waals surface area contributed by atoms with Crippen molar-refractivity contribution < 1.29 is 13.5 Å². The van der Waals surface area contributed by atoms with Crippen molar-refractivity contribution in [2.75, 3.05) is 43.4 Å². The molecule has 1 aromatic carbocycles. The van der Waals surface area contributed by atoms with Gasteiger partial charge in [0.2, 0.25) is 16.0 Å². The van der Waals surface area contributed by atoms with Crippen LogP contribution in [0.25, 0.3) is 0 Å². The molecule has 170 valence electrons. The summed E-state index contributed by atoms with van der Waals surface area (Å²) < 4.78 is 29.1. The largest absolute Gasteiger partial charge is 0.394 e. The normalized spacial score (nSPS) is 15.7. The predicted molar refractivity (Wildman–Crippen MR) is 125 cm³/mol. The highest BCUT2D eigenvalue weighted by Gasteiger charge is 2.19. The number of likely N-dealkylation sites (tertiary alicyclic amines) is 1. The van der Waals surface area contributed by atoms with Crippen molar-refractivity contribution in [2.45, 2.75) is 37.6 Å². The lowest BCUT2D eigenvalue weighted by molar-refractivity contribution is 0.281. The molecule has 0 spiro atoms. The molecule has 1 atom stereocenters. The van der Waals surface area contributed by atoms with E-state index in [1.807, 2.05) is 6.92 Å². The number of rotatable bonds is 10. The molecule has 1 unspecified atom stereocenters. The summed E-state index contributed by atoms with van der Waals surface area (Å²) in [5, 5.41) is 15.4. The van der Waals surface area contributed by atoms with Crippen LogP contribution < -0.4 is 15.4 Å². The Morgan fingerprint density at radius 2 is 2.03 bits per heavy atom. The van der Waals surface area contributed by atoms with Gasteiger partial charge in [0.1, 0.15) is 5.82 Å². The van der Waals surface area contributed by atoms with Gasteiger partial charge in [0.25, 0.3) is 0 Å². The van der Waals surface area contributed by atoms with Crippen molar-refractivity contribution in [3.63, 3.8) is 0 Å². The Hall–Kier alpha value is -1.79. The zero-order chi connectivity index (χ0) is 22.4. The van der Waals surface area contributed by atoms with E-state index in [1.165, 1.54) is 12.8 Å². The summed E-state index contributed by atoms with van der Waals surface area (Å²) in [6.45, 7) is 6.72. The van der Waals surface area contributed by atoms with Gasteiger partial charge >= 0.3 is 0 Å². The zero-order valence-electron chi connectivity index (χ0n) is 17.7. The molecule has 2 aromatic rings. The Morgan fingerprint density at radius 1 is 1.29 bits per heavy atom. The third kappa shape index (κ3) is 6.59. The average Bonchev–Trinajstić information content (AvgIpc) is 3.25. The maximum Gasteiger partial charge on any atom is 0.240 e. The summed E-state index contributed by atoms with van der Waals surface area (Å²) in [6.07, 6.45) is 3.94. The van der Waals surface area contributed by atoms with E-state index in [9.17, 15) is 13.5 Å². The second kappa shape index (κ2) is 10.7. The van der Waals surface area contributed by atoms with Crippen LogP contribution in [0.3, 0.4) is 0 Å². The smallest absolute Gasteiger partial charge is 0.240 e. The summed E-state index contributed by atoms with van der Waals surface area (Å²) >= 11 is 3.38. The summed E-state index contributed by atoms with van der Waals surface area (Å²) in [4.78, 5) is 11.1. The van der Waals surface area contributed by atoms with E-state index in [4.69, 9.17) is 0 Å². The molecule has 0 saturated carbocycles. The van der Waals surface area contributed by atoms with Gasteiger partial charge in [-0.2, -0.15) is 4.98 Å². The van der Waals surface area contributed by atoms with Gasteiger partial charge in [0, 0.05) is 31.0 Å². The molecule has 0 amide bonds. The minimum atomic E-state index is -3.64. The summed E-state index contributed by atoms with van der Waals surface area (Å²) in [5.41, 5.74) is 1.23. The van der Waals surface area contributed by atoms with Crippen molar-refractivity contribution >= 4 is 43.4 Å². The maximum absolute atomic E-state index is 12.9. The van der Waals surface area contributed by atoms with Gasteiger partial charge in [0.15, 0.2) is 0 Å². The molecule has 3 rings (SSSR count). The van der Waals surface area contributed by atoms with E-state index in [0.29, 0.717) is 40.6 Å². The van der Waals surface area contributed by atoms with Crippen molar-refractivity contribution in [1.82, 2.24) is 19.6 Å². The number of nitrogens with one attached hydrogen (secondary N) is 3. The van der Waals surface area contributed by atoms with Crippen molar-refractivity contribution in [3.8, 4) is 0 Å². The second-order valence-corrected chi connectivity index (χ2v) is 10.3. The highest BCUT2D eigenvalue weighted by atomic mass is 79.9. The molecule has 0 aliphatic carbocycles. The topological polar surface area (TPSA) is 119 Å². The quantitative estimate of drug-likeness (QED) is 0.383. The number of aryl methyl sites for hydroxylation is 1. The number of hydrogen-bond acceptors (Lipinski definition) is 8. The molecule has 1 aliphatic heterocycles. The summed E-state index contributed by atoms with van der Waals surface area (Å²) in [5.74, 6) is 0.840. The standard InChI is InChI=1S/C20H29BrN6O3S/c1-14-5-6-16(25-20-22-12-17(21)19(26-20)24-15(2)13-28)11-18(14)31(29,30)23-7-10-27-8-3-4-9-27/h5-6,11-12,15,23,28H,3-4,7-10,13H2,1-2H3,(H2,22,24,25,26). The number of nitrogens with zero attached hydrogens (tertiary/aromatic N) is 3. The van der Waals surface area contributed by atoms with Crippen LogP contribution in [-0.2, 0) is 10.0 Å². The minimum Gasteiger partial charge on any atom is -0.394 e. The Balaban J connectivity index is 1.72. The second-order valence-electron chi connectivity index (χ2n) is 7.67. The van der Waals surface area contributed by atoms with Crippen molar-refractivity contribution in [1.29, 1.82) is 0 Å². The average molecular weight is 513 g/mol. The predicted octanol–water partition coefficient (Wildman–Crippen LogP) is 2.46. The van der Waals surface area contributed by atoms with Crippen LogP contribution in [0.2, 0.25) is 0 Å². The number of halogens is 1. The molecule has 1 saturated heterocycles. The van der Waals surface area contributed by atoms with Crippen LogP contribution in [0.15, 0.2) is 33.8 Å². The number of anilines is 3. The fourth-order valence-electron chi connectivity index (χ4n) is 3.33. The molecule has 1 aliphatic rings. The maximum atomic E-state index is 12.9. The monoisotopic (exact) mass is 512 g/mol. The van der Waals surface area contributed by atoms with E-state index in [-0.39, 0.29) is 17.5 Å². The lowest BCUT2D eigenvalue weighted by atomic mass is 10.2. The molecular formula is C20H29BrN6O3S. The molecule has 0 radical (unpaired) electrons. The lowest BCUT2D eigenvalue weighted by Crippen LogP contribution is -2.33. The van der Waals surface area contributed by atoms with Crippen molar-refractivity contribution in [3.05, 3.63) is 34.4 Å². The van der Waals surface area contributed by atoms with Gasteiger partial charge in [-0.15, -0.1) is 0 Å². The Morgan fingerprint density at radius 3 is 2.74 bits per heavy atom. The molecule has 2 heterocycles. The first-order chi connectivity index (χ1) is 14.8. The van der Waals surface area contributed by atoms with Crippen LogP contribution >= 0.6 is 15.9 Å². The fraction of sp³-hybridized carbons (Fsp3) is 0.500. The number of aliphatic hydroxyl groups excluding tert-OH is 1. The van der Waals surface area contributed by atoms with Gasteiger partial charge < -0.3 is 20.6 Å². The highest BCUT2D eigenvalue weighted by Crippen LogP contribution is 2.25. The molecule has 1 fully saturated rings. The van der Waals surface area contributed by atoms with Crippen LogP contribution in [0.4, 0.5) is 17.5 Å². The molecule has 11 heteroatoms. The van der Waals surface area contributed by atoms with E-state index < -0.39 is 10.0 Å². The minimum absolute atomic E-state index is 0.0385. The van der Waals surface area contributed by atoms with Gasteiger partial charge in [-0.1, -0.05) is 6.07 Å². The number of aromatic nitrogens is 2. The first-order valence-electron chi connectivity index (χ1n) is 10.3. The number of hydrogen-bond donors (Lipinski definition) is 4. The van der Waals surface area contributed by atoms with E-state index >= 15 is 0 Å². The Kier molecular flexibility index (Phi) is 8.23. The van der Waals surface area contributed by atoms with Gasteiger partial charge in [-0.25, -0.2) is 18.1 Å². The van der Waals surface area contributed by atoms with Crippen LogP contribution in [0.1, 0.15) is 25.3 Å². The summed E-state index contributed by atoms with van der Waals surface area (Å²) in [6, 6.07) is 4.95. The molecule has 1 aromatic heterocycles. The zero-order valence-corrected chi connectivity index (χ0v) is 20.1. The molecule has 31 heavy (non-hydrogen) atoms.